The number of amides is 1. The molecule has 1 aliphatic rings. The van der Waals surface area contributed by atoms with Crippen molar-refractivity contribution in [3.63, 3.8) is 0 Å². The monoisotopic (exact) mass is 641 g/mol. The van der Waals surface area contributed by atoms with E-state index in [2.05, 4.69) is 20.9 Å². The topological polar surface area (TPSA) is 132 Å². The van der Waals surface area contributed by atoms with Crippen molar-refractivity contribution in [3.8, 4) is 28.3 Å². The number of anilines is 2. The van der Waals surface area contributed by atoms with Crippen LogP contribution in [0, 0.1) is 6.92 Å². The molecule has 12 heteroatoms. The van der Waals surface area contributed by atoms with Crippen molar-refractivity contribution in [1.29, 1.82) is 0 Å². The van der Waals surface area contributed by atoms with Crippen molar-refractivity contribution in [2.24, 2.45) is 14.1 Å². The number of rotatable bonds is 7. The number of carbonyl (C=O) groups is 1. The molecule has 2 aromatic carbocycles. The average Bonchev–Trinajstić information content (AvgIpc) is 3.55. The van der Waals surface area contributed by atoms with Gasteiger partial charge in [0, 0.05) is 62.2 Å². The zero-order valence-electron chi connectivity index (χ0n) is 26.4. The molecule has 1 amide bonds. The van der Waals surface area contributed by atoms with Gasteiger partial charge >= 0.3 is 5.69 Å². The molecule has 0 atom stereocenters. The van der Waals surface area contributed by atoms with E-state index in [1.165, 1.54) is 11.6 Å². The summed E-state index contributed by atoms with van der Waals surface area (Å²) in [7, 11) is 6.57. The normalized spacial score (nSPS) is 12.4. The lowest BCUT2D eigenvalue weighted by molar-refractivity contribution is -0.119. The highest BCUT2D eigenvalue weighted by Crippen LogP contribution is 2.39. The van der Waals surface area contributed by atoms with Gasteiger partial charge in [0.15, 0.2) is 0 Å². The van der Waals surface area contributed by atoms with Gasteiger partial charge in [-0.15, -0.1) is 0 Å². The first-order chi connectivity index (χ1) is 22.2. The number of aryl methyl sites for hydroxylation is 1. The van der Waals surface area contributed by atoms with Gasteiger partial charge in [0.2, 0.25) is 11.8 Å². The summed E-state index contributed by atoms with van der Waals surface area (Å²) in [5.74, 6) is 1.11. The fraction of sp³-hybridized carbons (Fsp3) is 0.265. The third kappa shape index (κ3) is 6.37. The summed E-state index contributed by atoms with van der Waals surface area (Å²) in [6.45, 7) is 3.50. The van der Waals surface area contributed by atoms with Gasteiger partial charge in [-0.05, 0) is 49.7 Å². The second-order valence-electron chi connectivity index (χ2n) is 10.9. The van der Waals surface area contributed by atoms with Gasteiger partial charge in [0.25, 0.3) is 5.56 Å². The first kappa shape index (κ1) is 32.4. The quantitative estimate of drug-likeness (QED) is 0.233. The third-order valence-corrected chi connectivity index (χ3v) is 8.34. The molecule has 0 aliphatic carbocycles. The van der Waals surface area contributed by atoms with Crippen LogP contribution in [0.15, 0.2) is 70.4 Å². The van der Waals surface area contributed by atoms with Crippen molar-refractivity contribution in [1.82, 2.24) is 29.7 Å². The zero-order chi connectivity index (χ0) is 33.0. The van der Waals surface area contributed by atoms with Crippen molar-refractivity contribution >= 4 is 39.9 Å². The molecule has 1 aliphatic heterocycles. The fourth-order valence-electron chi connectivity index (χ4n) is 5.43. The Bertz CT molecular complexity index is 2050. The molecule has 0 radical (unpaired) electrons. The number of benzene rings is 2. The Balaban J connectivity index is 0.000000624. The molecule has 238 valence electrons. The number of nitrogens with zero attached hydrogens (tertiary/aromatic N) is 4. The average molecular weight is 642 g/mol. The molecular formula is C34H36ClN7O4. The van der Waals surface area contributed by atoms with E-state index in [-0.39, 0.29) is 5.91 Å². The van der Waals surface area contributed by atoms with Crippen molar-refractivity contribution in [3.05, 3.63) is 97.8 Å². The van der Waals surface area contributed by atoms with Gasteiger partial charge in [-0.25, -0.2) is 14.8 Å². The number of fused-ring (bicyclic) bond motifs is 1. The van der Waals surface area contributed by atoms with Crippen LogP contribution >= 0.6 is 11.6 Å². The van der Waals surface area contributed by atoms with Crippen molar-refractivity contribution < 1.29 is 9.53 Å². The Kier molecular flexibility index (Phi) is 9.84. The smallest absolute Gasteiger partial charge is 0.330 e. The van der Waals surface area contributed by atoms with Gasteiger partial charge in [-0.2, -0.15) is 0 Å². The van der Waals surface area contributed by atoms with Crippen LogP contribution in [0.25, 0.3) is 33.3 Å². The molecule has 0 saturated carbocycles. The van der Waals surface area contributed by atoms with Crippen molar-refractivity contribution in [2.45, 2.75) is 26.3 Å². The molecule has 1 saturated heterocycles. The number of hydrogen-bond acceptors (Lipinski definition) is 8. The lowest BCUT2D eigenvalue weighted by Crippen LogP contribution is -2.37. The van der Waals surface area contributed by atoms with Gasteiger partial charge in [-0.1, -0.05) is 48.0 Å². The highest BCUT2D eigenvalue weighted by Gasteiger charge is 2.18. The minimum atomic E-state index is -0.415. The van der Waals surface area contributed by atoms with Crippen LogP contribution in [0.1, 0.15) is 24.0 Å². The number of carbonyl (C=O) groups excluding carboxylic acids is 1. The van der Waals surface area contributed by atoms with E-state index >= 15 is 0 Å². The molecular weight excluding hydrogens is 606 g/mol. The Morgan fingerprint density at radius 1 is 0.978 bits per heavy atom. The highest BCUT2D eigenvalue weighted by atomic mass is 35.5. The molecule has 3 N–H and O–H groups in total. The summed E-state index contributed by atoms with van der Waals surface area (Å²) < 4.78 is 8.03. The molecule has 5 aromatic rings. The minimum Gasteiger partial charge on any atom is -0.481 e. The Morgan fingerprint density at radius 2 is 1.72 bits per heavy atom. The van der Waals surface area contributed by atoms with Crippen molar-refractivity contribution in [2.75, 3.05) is 26.0 Å². The van der Waals surface area contributed by atoms with Gasteiger partial charge in [-0.3, -0.25) is 18.7 Å². The number of hydrogen-bond donors (Lipinski definition) is 3. The number of nitrogens with one attached hydrogen (secondary N) is 3. The summed E-state index contributed by atoms with van der Waals surface area (Å²) in [6, 6.07) is 17.2. The number of halogens is 1. The molecule has 3 aromatic heterocycles. The van der Waals surface area contributed by atoms with Crippen LogP contribution in [0.2, 0.25) is 5.02 Å². The summed E-state index contributed by atoms with van der Waals surface area (Å²) in [5, 5.41) is 10.0. The minimum absolute atomic E-state index is 0.204. The number of pyridine rings is 2. The van der Waals surface area contributed by atoms with Crippen LogP contribution in [0.3, 0.4) is 0 Å². The summed E-state index contributed by atoms with van der Waals surface area (Å²) in [6.07, 6.45) is 3.34. The predicted octanol–water partition coefficient (Wildman–Crippen LogP) is 4.69. The summed E-state index contributed by atoms with van der Waals surface area (Å²) >= 11 is 7.01. The maximum atomic E-state index is 13.0. The SMILES string of the molecule is CNCc1ccc(-c2cccc(-c3cccc(Nc4nccc5c4c(=O)n(C)c(=O)n5C)c3C)c2Cl)nc1OC.O=C1CCCN1. The number of methoxy groups -OCH3 is 1. The van der Waals surface area contributed by atoms with Crippen LogP contribution < -0.4 is 31.9 Å². The second kappa shape index (κ2) is 14.0. The van der Waals surface area contributed by atoms with Crippen LogP contribution in [0.5, 0.6) is 5.88 Å². The number of aromatic nitrogens is 4. The molecule has 11 nitrogen and oxygen atoms in total. The Morgan fingerprint density at radius 3 is 2.39 bits per heavy atom. The molecule has 6 rings (SSSR count). The summed E-state index contributed by atoms with van der Waals surface area (Å²) in [4.78, 5) is 44.7. The summed E-state index contributed by atoms with van der Waals surface area (Å²) in [5.41, 5.74) is 5.55. The number of ether oxygens (including phenoxy) is 1. The largest absolute Gasteiger partial charge is 0.481 e. The fourth-order valence-corrected chi connectivity index (χ4v) is 5.76. The zero-order valence-corrected chi connectivity index (χ0v) is 27.2. The molecule has 0 unspecified atom stereocenters. The Labute approximate surface area is 271 Å². The lowest BCUT2D eigenvalue weighted by Gasteiger charge is -2.17. The van der Waals surface area contributed by atoms with E-state index < -0.39 is 11.2 Å². The van der Waals surface area contributed by atoms with Crippen LogP contribution in [0.4, 0.5) is 11.5 Å². The van der Waals surface area contributed by atoms with E-state index in [4.69, 9.17) is 21.3 Å². The van der Waals surface area contributed by atoms with Gasteiger partial charge in [0.1, 0.15) is 11.2 Å². The van der Waals surface area contributed by atoms with E-state index in [9.17, 15) is 14.4 Å². The maximum absolute atomic E-state index is 13.0. The molecule has 46 heavy (non-hydrogen) atoms. The molecule has 0 bridgehead atoms. The van der Waals surface area contributed by atoms with E-state index in [1.807, 2.05) is 62.5 Å². The van der Waals surface area contributed by atoms with Gasteiger partial charge < -0.3 is 20.7 Å². The predicted molar refractivity (Wildman–Crippen MR) is 182 cm³/mol. The first-order valence-electron chi connectivity index (χ1n) is 14.8. The lowest BCUT2D eigenvalue weighted by atomic mass is 9.96. The van der Waals surface area contributed by atoms with Crippen LogP contribution in [-0.2, 0) is 25.4 Å². The van der Waals surface area contributed by atoms with Crippen LogP contribution in [-0.4, -0.2) is 45.7 Å². The van der Waals surface area contributed by atoms with E-state index in [1.54, 1.807) is 26.4 Å². The first-order valence-corrected chi connectivity index (χ1v) is 15.2. The molecule has 4 heterocycles. The van der Waals surface area contributed by atoms with E-state index in [0.717, 1.165) is 57.5 Å². The Hall–Kier alpha value is -5.00. The van der Waals surface area contributed by atoms with E-state index in [0.29, 0.717) is 39.9 Å². The molecule has 0 spiro atoms. The molecule has 1 fully saturated rings. The highest BCUT2D eigenvalue weighted by molar-refractivity contribution is 6.36. The standard InChI is InChI=1S/C30H29ClN6O3.C4H7NO/c1-17-19(20-9-6-10-21(26(20)31)23-13-12-18(16-32-2)28(35-23)40-5)8-7-11-22(17)34-27-25-24(14-15-33-27)36(3)30(39)37(4)29(25)38;6-4-2-1-3-5-4/h6-15,32H,16H2,1-5H3,(H,33,34);1-3H2,(H,5,6). The van der Waals surface area contributed by atoms with Gasteiger partial charge in [0.05, 0.1) is 23.3 Å². The second-order valence-corrected chi connectivity index (χ2v) is 11.3. The maximum Gasteiger partial charge on any atom is 0.330 e. The third-order valence-electron chi connectivity index (χ3n) is 7.94.